The molecule has 0 bridgehead atoms. The first-order chi connectivity index (χ1) is 14.2. The third kappa shape index (κ3) is 3.39. The van der Waals surface area contributed by atoms with Crippen molar-refractivity contribution in [2.24, 2.45) is 0 Å². The number of carbonyl (C=O) groups is 1. The van der Waals surface area contributed by atoms with E-state index >= 15 is 0 Å². The summed E-state index contributed by atoms with van der Waals surface area (Å²) >= 11 is 0. The molecule has 0 radical (unpaired) electrons. The molecule has 5 rings (SSSR count). The van der Waals surface area contributed by atoms with Crippen LogP contribution in [0.1, 0.15) is 52.5 Å². The second-order valence-corrected chi connectivity index (χ2v) is 7.87. The van der Waals surface area contributed by atoms with Crippen LogP contribution < -0.4 is 4.74 Å². The summed E-state index contributed by atoms with van der Waals surface area (Å²) in [6.45, 7) is 4.02. The predicted octanol–water partition coefficient (Wildman–Crippen LogP) is 3.41. The molecule has 6 nitrogen and oxygen atoms in total. The van der Waals surface area contributed by atoms with Gasteiger partial charge in [0.05, 0.1) is 19.2 Å². The van der Waals surface area contributed by atoms with Gasteiger partial charge in [0.2, 0.25) is 0 Å². The maximum atomic E-state index is 13.2. The fraction of sp³-hybridized carbons (Fsp3) is 0.348. The Morgan fingerprint density at radius 1 is 1.17 bits per heavy atom. The fourth-order valence-corrected chi connectivity index (χ4v) is 4.34. The number of aryl methyl sites for hydroxylation is 1. The molecule has 2 aromatic carbocycles. The summed E-state index contributed by atoms with van der Waals surface area (Å²) in [4.78, 5) is 15.0. The molecular weight excluding hydrogens is 364 g/mol. The Morgan fingerprint density at radius 2 is 2.03 bits per heavy atom. The van der Waals surface area contributed by atoms with Gasteiger partial charge in [-0.25, -0.2) is 0 Å². The summed E-state index contributed by atoms with van der Waals surface area (Å²) in [6.07, 6.45) is 2.71. The van der Waals surface area contributed by atoms with Crippen molar-refractivity contribution in [3.63, 3.8) is 0 Å². The summed E-state index contributed by atoms with van der Waals surface area (Å²) in [5.74, 6) is 2.76. The molecule has 0 aliphatic carbocycles. The summed E-state index contributed by atoms with van der Waals surface area (Å²) in [5, 5.41) is 8.83. The highest BCUT2D eigenvalue weighted by molar-refractivity contribution is 5.94. The van der Waals surface area contributed by atoms with Gasteiger partial charge < -0.3 is 14.2 Å². The Morgan fingerprint density at radius 3 is 2.90 bits per heavy atom. The monoisotopic (exact) mass is 388 g/mol. The van der Waals surface area contributed by atoms with Gasteiger partial charge in [0.1, 0.15) is 11.6 Å². The fourth-order valence-electron chi connectivity index (χ4n) is 4.34. The first-order valence-electron chi connectivity index (χ1n) is 10.2. The molecule has 1 aromatic heterocycles. The van der Waals surface area contributed by atoms with E-state index < -0.39 is 0 Å². The zero-order valence-electron chi connectivity index (χ0n) is 16.5. The zero-order valence-corrected chi connectivity index (χ0v) is 16.5. The van der Waals surface area contributed by atoms with E-state index in [1.807, 2.05) is 41.3 Å². The van der Waals surface area contributed by atoms with E-state index in [9.17, 15) is 4.79 Å². The third-order valence-corrected chi connectivity index (χ3v) is 5.74. The van der Waals surface area contributed by atoms with Gasteiger partial charge in [0.15, 0.2) is 5.82 Å². The van der Waals surface area contributed by atoms with Crippen molar-refractivity contribution < 1.29 is 9.53 Å². The van der Waals surface area contributed by atoms with Gasteiger partial charge >= 0.3 is 0 Å². The van der Waals surface area contributed by atoms with Crippen molar-refractivity contribution in [1.29, 1.82) is 0 Å². The summed E-state index contributed by atoms with van der Waals surface area (Å²) < 4.78 is 7.86. The molecule has 2 aliphatic rings. The lowest BCUT2D eigenvalue weighted by molar-refractivity contribution is 0.0679. The molecule has 0 saturated heterocycles. The SMILES string of the molecule is C[C@H]1CN(C(=O)c2ccc3c(c2)CCCO3)Cc2nnc(Cc3ccccc3)n21. The van der Waals surface area contributed by atoms with E-state index in [-0.39, 0.29) is 11.9 Å². The average Bonchev–Trinajstić information content (AvgIpc) is 3.16. The number of benzene rings is 2. The molecule has 6 heteroatoms. The number of nitrogens with zero attached hydrogens (tertiary/aromatic N) is 4. The highest BCUT2D eigenvalue weighted by Gasteiger charge is 2.30. The van der Waals surface area contributed by atoms with Gasteiger partial charge in [-0.05, 0) is 49.1 Å². The van der Waals surface area contributed by atoms with Gasteiger partial charge in [-0.15, -0.1) is 10.2 Å². The van der Waals surface area contributed by atoms with E-state index in [2.05, 4.69) is 33.8 Å². The van der Waals surface area contributed by atoms with Crippen LogP contribution in [0.3, 0.4) is 0 Å². The van der Waals surface area contributed by atoms with Crippen LogP contribution in [-0.2, 0) is 19.4 Å². The lowest BCUT2D eigenvalue weighted by Crippen LogP contribution is -2.40. The molecule has 3 aromatic rings. The predicted molar refractivity (Wildman–Crippen MR) is 109 cm³/mol. The van der Waals surface area contributed by atoms with E-state index in [0.29, 0.717) is 13.1 Å². The highest BCUT2D eigenvalue weighted by Crippen LogP contribution is 2.28. The lowest BCUT2D eigenvalue weighted by Gasteiger charge is -2.33. The zero-order chi connectivity index (χ0) is 19.8. The van der Waals surface area contributed by atoms with Gasteiger partial charge in [-0.3, -0.25) is 4.79 Å². The van der Waals surface area contributed by atoms with Gasteiger partial charge in [0.25, 0.3) is 5.91 Å². The molecule has 0 saturated carbocycles. The molecule has 0 fully saturated rings. The van der Waals surface area contributed by atoms with Crippen LogP contribution in [0.15, 0.2) is 48.5 Å². The molecule has 148 valence electrons. The van der Waals surface area contributed by atoms with Crippen LogP contribution in [0.4, 0.5) is 0 Å². The summed E-state index contributed by atoms with van der Waals surface area (Å²) in [7, 11) is 0. The normalized spacial score (nSPS) is 18.0. The Hall–Kier alpha value is -3.15. The van der Waals surface area contributed by atoms with Crippen LogP contribution in [0.25, 0.3) is 0 Å². The Kier molecular flexibility index (Phi) is 4.54. The van der Waals surface area contributed by atoms with Gasteiger partial charge in [-0.2, -0.15) is 0 Å². The minimum absolute atomic E-state index is 0.0454. The molecule has 0 N–H and O–H groups in total. The molecule has 0 spiro atoms. The molecule has 1 atom stereocenters. The first-order valence-corrected chi connectivity index (χ1v) is 10.2. The van der Waals surface area contributed by atoms with E-state index in [0.717, 1.165) is 54.4 Å². The molecule has 3 heterocycles. The van der Waals surface area contributed by atoms with Crippen LogP contribution in [0, 0.1) is 0 Å². The van der Waals surface area contributed by atoms with Gasteiger partial charge in [0, 0.05) is 18.5 Å². The topological polar surface area (TPSA) is 60.3 Å². The second-order valence-electron chi connectivity index (χ2n) is 7.87. The number of aromatic nitrogens is 3. The van der Waals surface area contributed by atoms with Crippen molar-refractivity contribution in [2.45, 2.75) is 38.8 Å². The van der Waals surface area contributed by atoms with E-state index in [1.54, 1.807) is 0 Å². The van der Waals surface area contributed by atoms with Crippen LogP contribution in [0.5, 0.6) is 5.75 Å². The Balaban J connectivity index is 1.37. The van der Waals surface area contributed by atoms with E-state index in [1.165, 1.54) is 5.56 Å². The van der Waals surface area contributed by atoms with E-state index in [4.69, 9.17) is 4.74 Å². The maximum absolute atomic E-state index is 13.2. The maximum Gasteiger partial charge on any atom is 0.254 e. The van der Waals surface area contributed by atoms with Crippen LogP contribution in [-0.4, -0.2) is 38.7 Å². The minimum Gasteiger partial charge on any atom is -0.493 e. The number of ether oxygens (including phenoxy) is 1. The van der Waals surface area contributed by atoms with Crippen molar-refractivity contribution in [3.05, 3.63) is 76.9 Å². The second kappa shape index (κ2) is 7.35. The molecule has 1 amide bonds. The largest absolute Gasteiger partial charge is 0.493 e. The Labute approximate surface area is 170 Å². The number of rotatable bonds is 3. The number of carbonyl (C=O) groups excluding carboxylic acids is 1. The highest BCUT2D eigenvalue weighted by atomic mass is 16.5. The standard InChI is InChI=1S/C23H24N4O2/c1-16-14-26(23(28)19-9-10-20-18(13-19)8-5-11-29-20)15-22-25-24-21(27(16)22)12-17-6-3-2-4-7-17/h2-4,6-7,9-10,13,16H,5,8,11-12,14-15H2,1H3/t16-/m0/s1. The number of fused-ring (bicyclic) bond motifs is 2. The van der Waals surface area contributed by atoms with Crippen molar-refractivity contribution in [2.75, 3.05) is 13.2 Å². The average molecular weight is 388 g/mol. The molecule has 29 heavy (non-hydrogen) atoms. The minimum atomic E-state index is 0.0454. The summed E-state index contributed by atoms with van der Waals surface area (Å²) in [5.41, 5.74) is 3.06. The number of hydrogen-bond donors (Lipinski definition) is 0. The summed E-state index contributed by atoms with van der Waals surface area (Å²) in [6, 6.07) is 16.2. The van der Waals surface area contributed by atoms with Gasteiger partial charge in [-0.1, -0.05) is 30.3 Å². The number of hydrogen-bond acceptors (Lipinski definition) is 4. The smallest absolute Gasteiger partial charge is 0.254 e. The first kappa shape index (κ1) is 17.9. The van der Waals surface area contributed by atoms with Crippen LogP contribution >= 0.6 is 0 Å². The third-order valence-electron chi connectivity index (χ3n) is 5.74. The molecule has 2 aliphatic heterocycles. The van der Waals surface area contributed by atoms with Crippen molar-refractivity contribution in [3.8, 4) is 5.75 Å². The molecule has 0 unspecified atom stereocenters. The van der Waals surface area contributed by atoms with Crippen LogP contribution in [0.2, 0.25) is 0 Å². The molecular formula is C23H24N4O2. The Bertz CT molecular complexity index is 1040. The van der Waals surface area contributed by atoms with Crippen molar-refractivity contribution in [1.82, 2.24) is 19.7 Å². The van der Waals surface area contributed by atoms with Crippen molar-refractivity contribution >= 4 is 5.91 Å². The quantitative estimate of drug-likeness (QED) is 0.690. The lowest BCUT2D eigenvalue weighted by atomic mass is 10.0. The number of amides is 1.